The van der Waals surface area contributed by atoms with Gasteiger partial charge in [-0.05, 0) is 87.0 Å². The highest BCUT2D eigenvalue weighted by Gasteiger charge is 2.60. The van der Waals surface area contributed by atoms with Crippen LogP contribution in [0.1, 0.15) is 78.1 Å². The van der Waals surface area contributed by atoms with Crippen molar-refractivity contribution in [2.24, 2.45) is 39.7 Å². The molecular formula is C23H36N2O2. The molecule has 4 saturated carbocycles. The summed E-state index contributed by atoms with van der Waals surface area (Å²) in [7, 11) is 0. The van der Waals surface area contributed by atoms with Crippen LogP contribution in [0.2, 0.25) is 0 Å². The fourth-order valence-corrected chi connectivity index (χ4v) is 7.78. The normalized spacial score (nSPS) is 51.0. The quantitative estimate of drug-likeness (QED) is 0.734. The highest BCUT2D eigenvalue weighted by molar-refractivity contribution is 5.87. The smallest absolute Gasteiger partial charge is 0.141 e. The van der Waals surface area contributed by atoms with Gasteiger partial charge in [-0.15, -0.1) is 0 Å². The lowest BCUT2D eigenvalue weighted by atomic mass is 9.45. The number of fused-ring (bicyclic) bond motifs is 5. The van der Waals surface area contributed by atoms with Crippen molar-refractivity contribution in [2.75, 3.05) is 13.1 Å². The third-order valence-electron chi connectivity index (χ3n) is 9.55. The molecule has 0 bridgehead atoms. The van der Waals surface area contributed by atoms with Crippen molar-refractivity contribution in [3.63, 3.8) is 0 Å². The Morgan fingerprint density at radius 1 is 1.04 bits per heavy atom. The van der Waals surface area contributed by atoms with Crippen LogP contribution in [0, 0.1) is 34.5 Å². The Kier molecular flexibility index (Phi) is 4.42. The summed E-state index contributed by atoms with van der Waals surface area (Å²) in [5, 5.41) is 7.95. The van der Waals surface area contributed by atoms with Crippen molar-refractivity contribution in [3.05, 3.63) is 0 Å². The van der Waals surface area contributed by atoms with Gasteiger partial charge in [0, 0.05) is 24.8 Å². The summed E-state index contributed by atoms with van der Waals surface area (Å²) < 4.78 is 0. The molecule has 1 aliphatic heterocycles. The van der Waals surface area contributed by atoms with Crippen molar-refractivity contribution in [1.29, 1.82) is 0 Å². The monoisotopic (exact) mass is 372 g/mol. The second-order valence-corrected chi connectivity index (χ2v) is 10.7. The first-order valence-corrected chi connectivity index (χ1v) is 11.5. The molecule has 27 heavy (non-hydrogen) atoms. The molecule has 5 fully saturated rings. The molecule has 0 spiro atoms. The molecule has 0 aromatic carbocycles. The number of oxime groups is 1. The number of ketones is 1. The van der Waals surface area contributed by atoms with Gasteiger partial charge < -0.3 is 10.2 Å². The zero-order valence-corrected chi connectivity index (χ0v) is 17.1. The molecule has 4 heteroatoms. The van der Waals surface area contributed by atoms with Crippen LogP contribution in [-0.2, 0) is 9.63 Å². The molecule has 0 amide bonds. The maximum Gasteiger partial charge on any atom is 0.141 e. The zero-order valence-electron chi connectivity index (χ0n) is 17.1. The number of hydrogen-bond acceptors (Lipinski definition) is 4. The Balaban J connectivity index is 1.30. The van der Waals surface area contributed by atoms with Crippen molar-refractivity contribution in [3.8, 4) is 0 Å². The van der Waals surface area contributed by atoms with Gasteiger partial charge in [0.05, 0.1) is 5.71 Å². The summed E-state index contributed by atoms with van der Waals surface area (Å²) in [4.78, 5) is 18.4. The Labute approximate surface area is 163 Å². The van der Waals surface area contributed by atoms with Gasteiger partial charge >= 0.3 is 0 Å². The van der Waals surface area contributed by atoms with Gasteiger partial charge in [-0.2, -0.15) is 0 Å². The number of hydrogen-bond donors (Lipinski definition) is 1. The van der Waals surface area contributed by atoms with E-state index in [1.807, 2.05) is 0 Å². The van der Waals surface area contributed by atoms with Gasteiger partial charge in [-0.1, -0.05) is 19.0 Å². The highest BCUT2D eigenvalue weighted by Crippen LogP contribution is 2.65. The Morgan fingerprint density at radius 2 is 1.93 bits per heavy atom. The number of nitrogens with one attached hydrogen (secondary N) is 1. The molecule has 4 nitrogen and oxygen atoms in total. The van der Waals surface area contributed by atoms with Crippen LogP contribution in [-0.4, -0.2) is 30.7 Å². The molecule has 0 aromatic heterocycles. The molecule has 5 unspecified atom stereocenters. The van der Waals surface area contributed by atoms with Crippen molar-refractivity contribution < 1.29 is 9.63 Å². The first-order chi connectivity index (χ1) is 13.0. The van der Waals surface area contributed by atoms with E-state index in [1.165, 1.54) is 31.4 Å². The molecule has 1 heterocycles. The van der Waals surface area contributed by atoms with Crippen molar-refractivity contribution >= 4 is 11.5 Å². The predicted molar refractivity (Wildman–Crippen MR) is 107 cm³/mol. The number of carbonyl (C=O) groups excluding carboxylic acids is 1. The molecule has 1 saturated heterocycles. The van der Waals surface area contributed by atoms with Crippen LogP contribution in [0.3, 0.4) is 0 Å². The molecule has 4 aliphatic carbocycles. The van der Waals surface area contributed by atoms with E-state index in [-0.39, 0.29) is 11.5 Å². The average molecular weight is 373 g/mol. The molecule has 7 atom stereocenters. The SMILES string of the molecule is C[C@]12CC/C(=N/OC3CCNC3)CC1CCC1C2CC[C@]2(C)C(=O)CCC12. The third-order valence-corrected chi connectivity index (χ3v) is 9.55. The van der Waals surface area contributed by atoms with E-state index < -0.39 is 0 Å². The number of carbonyl (C=O) groups is 1. The van der Waals surface area contributed by atoms with Gasteiger partial charge in [0.2, 0.25) is 0 Å². The maximum absolute atomic E-state index is 12.6. The Bertz CT molecular complexity index is 640. The molecule has 5 aliphatic rings. The minimum atomic E-state index is 0.00874. The van der Waals surface area contributed by atoms with Crippen LogP contribution in [0.4, 0.5) is 0 Å². The van der Waals surface area contributed by atoms with Crippen LogP contribution < -0.4 is 5.32 Å². The van der Waals surface area contributed by atoms with E-state index in [4.69, 9.17) is 4.84 Å². The summed E-state index contributed by atoms with van der Waals surface area (Å²) >= 11 is 0. The van der Waals surface area contributed by atoms with Crippen LogP contribution in [0.5, 0.6) is 0 Å². The summed E-state index contributed by atoms with van der Waals surface area (Å²) in [5.74, 6) is 3.60. The molecule has 0 radical (unpaired) electrons. The van der Waals surface area contributed by atoms with E-state index in [2.05, 4.69) is 24.3 Å². The average Bonchev–Trinajstić information content (AvgIpc) is 3.28. The Morgan fingerprint density at radius 3 is 2.74 bits per heavy atom. The van der Waals surface area contributed by atoms with E-state index in [9.17, 15) is 4.79 Å². The number of Topliss-reactive ketones (excluding diaryl/α,β-unsaturated/α-hetero) is 1. The second-order valence-electron chi connectivity index (χ2n) is 10.7. The second kappa shape index (κ2) is 6.57. The van der Waals surface area contributed by atoms with Crippen LogP contribution in [0.25, 0.3) is 0 Å². The number of nitrogens with zero attached hydrogens (tertiary/aromatic N) is 1. The molecule has 1 N–H and O–H groups in total. The molecule has 5 rings (SSSR count). The fraction of sp³-hybridized carbons (Fsp3) is 0.913. The first kappa shape index (κ1) is 18.1. The Hall–Kier alpha value is -0.900. The summed E-state index contributed by atoms with van der Waals surface area (Å²) in [5.41, 5.74) is 1.76. The van der Waals surface area contributed by atoms with E-state index in [0.717, 1.165) is 69.4 Å². The standard InChI is InChI=1S/C23H36N2O2/c1-22-10-7-16(25-27-17-9-12-24-14-17)13-15(22)3-4-18-19-5-6-21(26)23(19,2)11-8-20(18)22/h15,17-20,24H,3-14H2,1-2H3/b25-16-/t15?,17?,18?,19?,20?,22-,23-/m0/s1. The van der Waals surface area contributed by atoms with E-state index >= 15 is 0 Å². The lowest BCUT2D eigenvalue weighted by Gasteiger charge is -2.59. The summed E-state index contributed by atoms with van der Waals surface area (Å²) in [6.45, 7) is 6.87. The first-order valence-electron chi connectivity index (χ1n) is 11.5. The van der Waals surface area contributed by atoms with E-state index in [0.29, 0.717) is 17.1 Å². The fourth-order valence-electron chi connectivity index (χ4n) is 7.78. The topological polar surface area (TPSA) is 50.7 Å². The molecular weight excluding hydrogens is 336 g/mol. The minimum Gasteiger partial charge on any atom is -0.391 e. The number of rotatable bonds is 2. The van der Waals surface area contributed by atoms with E-state index in [1.54, 1.807) is 0 Å². The lowest BCUT2D eigenvalue weighted by Crippen LogP contribution is -2.53. The van der Waals surface area contributed by atoms with Crippen molar-refractivity contribution in [1.82, 2.24) is 5.32 Å². The van der Waals surface area contributed by atoms with Gasteiger partial charge in [0.1, 0.15) is 11.9 Å². The third kappa shape index (κ3) is 2.81. The summed E-state index contributed by atoms with van der Waals surface area (Å²) in [6.07, 6.45) is 11.9. The van der Waals surface area contributed by atoms with Crippen LogP contribution in [0.15, 0.2) is 5.16 Å². The molecule has 150 valence electrons. The highest BCUT2D eigenvalue weighted by atomic mass is 16.6. The van der Waals surface area contributed by atoms with Gasteiger partial charge in [-0.25, -0.2) is 0 Å². The zero-order chi connectivity index (χ0) is 18.6. The van der Waals surface area contributed by atoms with Crippen molar-refractivity contribution in [2.45, 2.75) is 84.2 Å². The molecule has 0 aromatic rings. The largest absolute Gasteiger partial charge is 0.391 e. The van der Waals surface area contributed by atoms with Gasteiger partial charge in [0.25, 0.3) is 0 Å². The summed E-state index contributed by atoms with van der Waals surface area (Å²) in [6, 6.07) is 0. The minimum absolute atomic E-state index is 0.00874. The predicted octanol–water partition coefficient (Wildman–Crippen LogP) is 4.33. The van der Waals surface area contributed by atoms with Gasteiger partial charge in [0.15, 0.2) is 0 Å². The van der Waals surface area contributed by atoms with Crippen LogP contribution >= 0.6 is 0 Å². The lowest BCUT2D eigenvalue weighted by molar-refractivity contribution is -0.137. The maximum atomic E-state index is 12.6. The van der Waals surface area contributed by atoms with Gasteiger partial charge in [-0.3, -0.25) is 4.79 Å².